The number of carbonyl (C=O) groups excluding carboxylic acids is 2. The van der Waals surface area contributed by atoms with Crippen LogP contribution in [0.1, 0.15) is 13.8 Å². The summed E-state index contributed by atoms with van der Waals surface area (Å²) in [6.45, 7) is 3.46. The Morgan fingerprint density at radius 3 is 2.44 bits per heavy atom. The summed E-state index contributed by atoms with van der Waals surface area (Å²) >= 11 is 0. The van der Waals surface area contributed by atoms with Crippen LogP contribution in [-0.4, -0.2) is 44.8 Å². The molecular weight excluding hydrogens is 439 g/mol. The quantitative estimate of drug-likeness (QED) is 0.423. The molecule has 2 aromatic carbocycles. The van der Waals surface area contributed by atoms with Gasteiger partial charge in [-0.1, -0.05) is 43.3 Å². The average molecular weight is 460 g/mol. The van der Waals surface area contributed by atoms with Gasteiger partial charge in [0, 0.05) is 17.0 Å². The fourth-order valence-corrected chi connectivity index (χ4v) is 6.50. The molecule has 0 saturated carbocycles. The van der Waals surface area contributed by atoms with Crippen LogP contribution in [0.3, 0.4) is 0 Å². The van der Waals surface area contributed by atoms with E-state index in [1.165, 1.54) is 11.8 Å². The zero-order chi connectivity index (χ0) is 22.0. The van der Waals surface area contributed by atoms with E-state index in [0.717, 1.165) is 16.8 Å². The minimum atomic E-state index is -1.55. The first-order chi connectivity index (χ1) is 14.8. The molecule has 0 bridgehead atoms. The van der Waals surface area contributed by atoms with E-state index in [2.05, 4.69) is 0 Å². The van der Waals surface area contributed by atoms with E-state index in [1.807, 2.05) is 49.4 Å². The molecule has 0 spiro atoms. The van der Waals surface area contributed by atoms with Crippen molar-refractivity contribution in [3.8, 4) is 11.1 Å². The number of rotatable bonds is 4. The van der Waals surface area contributed by atoms with Gasteiger partial charge >= 0.3 is 29.6 Å². The van der Waals surface area contributed by atoms with Crippen LogP contribution >= 0.6 is 0 Å². The molecule has 5 rings (SSSR count). The molecule has 2 aromatic rings. The van der Waals surface area contributed by atoms with E-state index >= 15 is 0 Å². The van der Waals surface area contributed by atoms with Gasteiger partial charge in [-0.3, -0.25) is 9.10 Å². The summed E-state index contributed by atoms with van der Waals surface area (Å²) in [7, 11) is -1.55. The Labute approximate surface area is 210 Å². The Balaban J connectivity index is 0.00000245. The molecule has 1 saturated heterocycles. The number of carboxylic acid groups (broad SMARTS) is 1. The fraction of sp³-hybridized carbons (Fsp3) is 0.304. The van der Waals surface area contributed by atoms with Crippen molar-refractivity contribution in [2.45, 2.75) is 30.9 Å². The predicted octanol–water partition coefficient (Wildman–Crippen LogP) is -1.94. The smallest absolute Gasteiger partial charge is 0.543 e. The van der Waals surface area contributed by atoms with Gasteiger partial charge in [-0.25, -0.2) is 4.21 Å². The number of nitrogens with zero attached hydrogens (tertiary/aromatic N) is 2. The Hall–Kier alpha value is -1.97. The maximum absolute atomic E-state index is 13.5. The maximum Gasteiger partial charge on any atom is 1.00 e. The largest absolute Gasteiger partial charge is 1.00 e. The molecule has 0 radical (unpaired) electrons. The summed E-state index contributed by atoms with van der Waals surface area (Å²) < 4.78 is 15.2. The zero-order valence-electron chi connectivity index (χ0n) is 18.0. The number of fused-ring (bicyclic) bond motifs is 4. The van der Waals surface area contributed by atoms with Crippen LogP contribution in [-0.2, 0) is 20.6 Å². The Kier molecular flexibility index (Phi) is 6.11. The SMILES string of the molecule is CC(O)C1C(=O)N2C(C(=O)[O-])=C(CN3c4ccccc4-c4ccccc4S3=O)C(C)C12.[Na+]. The number of aliphatic carboxylic acids is 1. The molecule has 0 aliphatic carbocycles. The molecule has 160 valence electrons. The monoisotopic (exact) mass is 460 g/mol. The van der Waals surface area contributed by atoms with Gasteiger partial charge in [0.2, 0.25) is 5.91 Å². The molecule has 9 heteroatoms. The number of anilines is 1. The number of amides is 1. The standard InChI is InChI=1S/C23H22N2O5S.Na/c1-12-16(21(23(28)29)25-20(12)19(13(2)26)22(25)27)11-24-17-9-5-3-7-14(17)15-8-4-6-10-18(15)31(24)30;/h3-10,12-13,19-20,26H,11H2,1-2H3,(H,28,29);/q;+1/p-1. The summed E-state index contributed by atoms with van der Waals surface area (Å²) in [5.41, 5.74) is 2.87. The maximum atomic E-state index is 13.5. The molecule has 5 unspecified atom stereocenters. The Bertz CT molecular complexity index is 1180. The molecule has 0 aromatic heterocycles. The molecule has 3 aliphatic rings. The molecule has 5 atom stereocenters. The molecule has 1 amide bonds. The van der Waals surface area contributed by atoms with Gasteiger partial charge in [0.15, 0.2) is 11.0 Å². The summed E-state index contributed by atoms with van der Waals surface area (Å²) in [4.78, 5) is 26.5. The molecule has 3 aliphatic heterocycles. The van der Waals surface area contributed by atoms with E-state index in [4.69, 9.17) is 0 Å². The number of carboxylic acids is 1. The molecule has 7 nitrogen and oxygen atoms in total. The number of aliphatic hydroxyl groups is 1. The molecular formula is C23H21N2NaO5S. The molecule has 3 heterocycles. The van der Waals surface area contributed by atoms with E-state index < -0.39 is 40.9 Å². The van der Waals surface area contributed by atoms with Crippen molar-refractivity contribution in [2.24, 2.45) is 11.8 Å². The molecule has 1 N–H and O–H groups in total. The van der Waals surface area contributed by atoms with Gasteiger partial charge in [0.05, 0.1) is 46.9 Å². The number of para-hydroxylation sites is 1. The van der Waals surface area contributed by atoms with Gasteiger partial charge in [-0.05, 0) is 24.6 Å². The van der Waals surface area contributed by atoms with Crippen molar-refractivity contribution in [2.75, 3.05) is 10.8 Å². The van der Waals surface area contributed by atoms with Gasteiger partial charge in [0.1, 0.15) is 0 Å². The Morgan fingerprint density at radius 2 is 1.78 bits per heavy atom. The zero-order valence-corrected chi connectivity index (χ0v) is 20.8. The first-order valence-corrected chi connectivity index (χ1v) is 11.3. The minimum absolute atomic E-state index is 0. The number of hydrogen-bond acceptors (Lipinski definition) is 5. The van der Waals surface area contributed by atoms with Crippen LogP contribution in [0.4, 0.5) is 5.69 Å². The summed E-state index contributed by atoms with van der Waals surface area (Å²) in [5.74, 6) is -2.81. The molecule has 32 heavy (non-hydrogen) atoms. The van der Waals surface area contributed by atoms with Crippen LogP contribution < -0.4 is 39.0 Å². The number of aliphatic hydroxyl groups excluding tert-OH is 1. The number of β-lactam (4-membered cyclic amide) rings is 1. The van der Waals surface area contributed by atoms with Gasteiger partial charge in [-0.2, -0.15) is 0 Å². The topological polar surface area (TPSA) is 101 Å². The van der Waals surface area contributed by atoms with Crippen molar-refractivity contribution >= 4 is 28.5 Å². The third-order valence-corrected chi connectivity index (χ3v) is 8.02. The Morgan fingerprint density at radius 1 is 1.16 bits per heavy atom. The summed E-state index contributed by atoms with van der Waals surface area (Å²) in [5, 5.41) is 22.1. The number of carbonyl (C=O) groups is 2. The summed E-state index contributed by atoms with van der Waals surface area (Å²) in [6.07, 6.45) is -0.879. The van der Waals surface area contributed by atoms with Crippen molar-refractivity contribution in [1.29, 1.82) is 0 Å². The third kappa shape index (κ3) is 3.20. The second-order valence-corrected chi connectivity index (χ2v) is 9.59. The third-order valence-electron chi connectivity index (χ3n) is 6.56. The number of hydrogen-bond donors (Lipinski definition) is 1. The van der Waals surface area contributed by atoms with Gasteiger partial charge in [-0.15, -0.1) is 0 Å². The van der Waals surface area contributed by atoms with Crippen LogP contribution in [0.25, 0.3) is 11.1 Å². The predicted molar refractivity (Wildman–Crippen MR) is 113 cm³/mol. The van der Waals surface area contributed by atoms with Crippen LogP contribution in [0.2, 0.25) is 0 Å². The fourth-order valence-electron chi connectivity index (χ4n) is 5.11. The first kappa shape index (κ1) is 23.2. The van der Waals surface area contributed by atoms with Crippen molar-refractivity contribution < 1.29 is 53.6 Å². The molecule has 1 fully saturated rings. The van der Waals surface area contributed by atoms with Gasteiger partial charge < -0.3 is 19.9 Å². The van der Waals surface area contributed by atoms with Crippen LogP contribution in [0, 0.1) is 11.8 Å². The van der Waals surface area contributed by atoms with Crippen molar-refractivity contribution in [3.63, 3.8) is 0 Å². The van der Waals surface area contributed by atoms with Crippen molar-refractivity contribution in [1.82, 2.24) is 4.90 Å². The first-order valence-electron chi connectivity index (χ1n) is 10.2. The van der Waals surface area contributed by atoms with Crippen LogP contribution in [0.15, 0.2) is 64.7 Å². The average Bonchev–Trinajstić information content (AvgIpc) is 2.99. The van der Waals surface area contributed by atoms with E-state index in [9.17, 15) is 24.0 Å². The second-order valence-electron chi connectivity index (χ2n) is 8.21. The number of benzene rings is 2. The normalized spacial score (nSPS) is 26.5. The van der Waals surface area contributed by atoms with Gasteiger partial charge in [0.25, 0.3) is 0 Å². The minimum Gasteiger partial charge on any atom is -0.543 e. The van der Waals surface area contributed by atoms with Crippen molar-refractivity contribution in [3.05, 3.63) is 59.8 Å². The van der Waals surface area contributed by atoms with E-state index in [-0.39, 0.29) is 47.7 Å². The van der Waals surface area contributed by atoms with E-state index in [0.29, 0.717) is 10.5 Å². The van der Waals surface area contributed by atoms with E-state index in [1.54, 1.807) is 10.4 Å². The van der Waals surface area contributed by atoms with Crippen LogP contribution in [0.5, 0.6) is 0 Å². The second kappa shape index (κ2) is 8.43. The summed E-state index contributed by atoms with van der Waals surface area (Å²) in [6, 6.07) is 14.6.